The number of amides is 2. The van der Waals surface area contributed by atoms with Gasteiger partial charge in [0.15, 0.2) is 0 Å². The lowest BCUT2D eigenvalue weighted by Gasteiger charge is -2.11. The molecule has 5 nitrogen and oxygen atoms in total. The summed E-state index contributed by atoms with van der Waals surface area (Å²) >= 11 is 0. The SMILES string of the molecule is COc1cccc(NC(=O)C(=CC=Cc2ccccc2)NC(=O)c2ccccc2)c1. The van der Waals surface area contributed by atoms with E-state index in [0.717, 1.165) is 5.56 Å². The Morgan fingerprint density at radius 2 is 1.57 bits per heavy atom. The Bertz CT molecular complexity index is 1060. The number of methoxy groups -OCH3 is 1. The maximum absolute atomic E-state index is 12.9. The van der Waals surface area contributed by atoms with E-state index in [0.29, 0.717) is 17.0 Å². The first kappa shape index (κ1) is 20.6. The molecule has 3 aromatic carbocycles. The van der Waals surface area contributed by atoms with E-state index in [-0.39, 0.29) is 11.6 Å². The van der Waals surface area contributed by atoms with Gasteiger partial charge in [0.25, 0.3) is 11.8 Å². The summed E-state index contributed by atoms with van der Waals surface area (Å²) in [6, 6.07) is 25.4. The number of carbonyl (C=O) groups excluding carboxylic acids is 2. The van der Waals surface area contributed by atoms with Gasteiger partial charge in [-0.15, -0.1) is 0 Å². The van der Waals surface area contributed by atoms with Crippen LogP contribution in [0.25, 0.3) is 6.08 Å². The monoisotopic (exact) mass is 398 g/mol. The summed E-state index contributed by atoms with van der Waals surface area (Å²) in [6.45, 7) is 0. The Labute approximate surface area is 175 Å². The summed E-state index contributed by atoms with van der Waals surface area (Å²) in [4.78, 5) is 25.4. The molecule has 3 aromatic rings. The zero-order valence-corrected chi connectivity index (χ0v) is 16.5. The molecule has 0 saturated carbocycles. The molecule has 2 amide bonds. The molecule has 5 heteroatoms. The highest BCUT2D eigenvalue weighted by molar-refractivity contribution is 6.08. The van der Waals surface area contributed by atoms with Crippen LogP contribution in [0.1, 0.15) is 15.9 Å². The lowest BCUT2D eigenvalue weighted by Crippen LogP contribution is -2.30. The van der Waals surface area contributed by atoms with Crippen molar-refractivity contribution in [1.29, 1.82) is 0 Å². The van der Waals surface area contributed by atoms with Crippen LogP contribution >= 0.6 is 0 Å². The van der Waals surface area contributed by atoms with Crippen LogP contribution in [0.5, 0.6) is 5.75 Å². The van der Waals surface area contributed by atoms with Crippen LogP contribution in [0.2, 0.25) is 0 Å². The summed E-state index contributed by atoms with van der Waals surface area (Å²) in [5.41, 5.74) is 2.13. The van der Waals surface area contributed by atoms with Gasteiger partial charge in [-0.05, 0) is 35.9 Å². The van der Waals surface area contributed by atoms with Gasteiger partial charge >= 0.3 is 0 Å². The van der Waals surface area contributed by atoms with Gasteiger partial charge in [-0.2, -0.15) is 0 Å². The van der Waals surface area contributed by atoms with E-state index in [2.05, 4.69) is 10.6 Å². The highest BCUT2D eigenvalue weighted by atomic mass is 16.5. The van der Waals surface area contributed by atoms with Crippen LogP contribution in [-0.4, -0.2) is 18.9 Å². The lowest BCUT2D eigenvalue weighted by atomic mass is 10.2. The molecule has 0 fully saturated rings. The normalized spacial score (nSPS) is 11.2. The Hall–Kier alpha value is -4.12. The van der Waals surface area contributed by atoms with Crippen LogP contribution in [-0.2, 0) is 4.79 Å². The number of ether oxygens (including phenoxy) is 1. The van der Waals surface area contributed by atoms with Gasteiger partial charge < -0.3 is 15.4 Å². The molecule has 150 valence electrons. The fraction of sp³-hybridized carbons (Fsp3) is 0.0400. The summed E-state index contributed by atoms with van der Waals surface area (Å²) in [5.74, 6) is -0.184. The first-order valence-corrected chi connectivity index (χ1v) is 9.41. The van der Waals surface area contributed by atoms with Crippen LogP contribution in [0.3, 0.4) is 0 Å². The van der Waals surface area contributed by atoms with Crippen molar-refractivity contribution in [3.8, 4) is 5.75 Å². The van der Waals surface area contributed by atoms with Gasteiger partial charge in [-0.25, -0.2) is 0 Å². The minimum atomic E-state index is -0.440. The Morgan fingerprint density at radius 1 is 0.867 bits per heavy atom. The van der Waals surface area contributed by atoms with Crippen molar-refractivity contribution in [3.63, 3.8) is 0 Å². The molecule has 0 bridgehead atoms. The molecule has 3 rings (SSSR count). The quantitative estimate of drug-likeness (QED) is 0.449. The van der Waals surface area contributed by atoms with Crippen LogP contribution in [0.4, 0.5) is 5.69 Å². The lowest BCUT2D eigenvalue weighted by molar-refractivity contribution is -0.113. The molecule has 2 N–H and O–H groups in total. The smallest absolute Gasteiger partial charge is 0.272 e. The van der Waals surface area contributed by atoms with Crippen molar-refractivity contribution < 1.29 is 14.3 Å². The first-order valence-electron chi connectivity index (χ1n) is 9.41. The summed E-state index contributed by atoms with van der Waals surface area (Å²) in [6.07, 6.45) is 5.15. The minimum Gasteiger partial charge on any atom is -0.497 e. The van der Waals surface area contributed by atoms with Crippen molar-refractivity contribution in [2.24, 2.45) is 0 Å². The van der Waals surface area contributed by atoms with Crippen LogP contribution in [0.15, 0.2) is 103 Å². The molecule has 0 aliphatic carbocycles. The van der Waals surface area contributed by atoms with E-state index in [1.54, 1.807) is 67.8 Å². The molecule has 0 aliphatic rings. The molecular weight excluding hydrogens is 376 g/mol. The van der Waals surface area contributed by atoms with Crippen LogP contribution < -0.4 is 15.4 Å². The molecule has 30 heavy (non-hydrogen) atoms. The number of anilines is 1. The topological polar surface area (TPSA) is 67.4 Å². The number of benzene rings is 3. The Kier molecular flexibility index (Phi) is 7.17. The van der Waals surface area contributed by atoms with Crippen molar-refractivity contribution in [1.82, 2.24) is 5.32 Å². The maximum Gasteiger partial charge on any atom is 0.272 e. The van der Waals surface area contributed by atoms with Gasteiger partial charge in [0.05, 0.1) is 7.11 Å². The van der Waals surface area contributed by atoms with Crippen molar-refractivity contribution in [3.05, 3.63) is 114 Å². The third-order valence-corrected chi connectivity index (χ3v) is 4.21. The fourth-order valence-electron chi connectivity index (χ4n) is 2.68. The standard InChI is InChI=1S/C25H22N2O3/c1-30-22-16-9-15-21(18-22)26-25(29)23(17-8-12-19-10-4-2-5-11-19)27-24(28)20-13-6-3-7-14-20/h2-18H,1H3,(H,26,29)(H,27,28). The minimum absolute atomic E-state index is 0.124. The van der Waals surface area contributed by atoms with Gasteiger partial charge in [0, 0.05) is 17.3 Å². The predicted molar refractivity (Wildman–Crippen MR) is 119 cm³/mol. The van der Waals surface area contributed by atoms with E-state index in [4.69, 9.17) is 4.74 Å². The van der Waals surface area contributed by atoms with Crippen molar-refractivity contribution in [2.75, 3.05) is 12.4 Å². The number of hydrogen-bond donors (Lipinski definition) is 2. The first-order chi connectivity index (χ1) is 14.7. The molecular formula is C25H22N2O3. The van der Waals surface area contributed by atoms with Gasteiger partial charge in [0.2, 0.25) is 0 Å². The third-order valence-electron chi connectivity index (χ3n) is 4.21. The number of allylic oxidation sites excluding steroid dienone is 2. The molecule has 0 saturated heterocycles. The molecule has 0 atom stereocenters. The van der Waals surface area contributed by atoms with Crippen LogP contribution in [0, 0.1) is 0 Å². The number of hydrogen-bond acceptors (Lipinski definition) is 3. The Balaban J connectivity index is 1.81. The number of nitrogens with one attached hydrogen (secondary N) is 2. The van der Waals surface area contributed by atoms with E-state index >= 15 is 0 Å². The second kappa shape index (κ2) is 10.4. The number of rotatable bonds is 7. The summed E-state index contributed by atoms with van der Waals surface area (Å²) in [7, 11) is 1.56. The summed E-state index contributed by atoms with van der Waals surface area (Å²) < 4.78 is 5.19. The molecule has 0 radical (unpaired) electrons. The molecule has 0 heterocycles. The average Bonchev–Trinajstić information content (AvgIpc) is 2.79. The maximum atomic E-state index is 12.9. The van der Waals surface area contributed by atoms with E-state index in [9.17, 15) is 9.59 Å². The second-order valence-corrected chi connectivity index (χ2v) is 6.36. The average molecular weight is 398 g/mol. The predicted octanol–water partition coefficient (Wildman–Crippen LogP) is 4.66. The van der Waals surface area contributed by atoms with Crippen molar-refractivity contribution in [2.45, 2.75) is 0 Å². The molecule has 0 aromatic heterocycles. The van der Waals surface area contributed by atoms with Gasteiger partial charge in [-0.1, -0.05) is 66.7 Å². The Morgan fingerprint density at radius 3 is 2.27 bits per heavy atom. The van der Waals surface area contributed by atoms with Gasteiger partial charge in [-0.3, -0.25) is 9.59 Å². The molecule has 0 aliphatic heterocycles. The zero-order chi connectivity index (χ0) is 21.2. The van der Waals surface area contributed by atoms with Crippen molar-refractivity contribution >= 4 is 23.6 Å². The molecule has 0 spiro atoms. The second-order valence-electron chi connectivity index (χ2n) is 6.36. The van der Waals surface area contributed by atoms with E-state index < -0.39 is 5.91 Å². The van der Waals surface area contributed by atoms with E-state index in [1.165, 1.54) is 0 Å². The highest BCUT2D eigenvalue weighted by Gasteiger charge is 2.14. The highest BCUT2D eigenvalue weighted by Crippen LogP contribution is 2.17. The van der Waals surface area contributed by atoms with E-state index in [1.807, 2.05) is 42.5 Å². The number of carbonyl (C=O) groups is 2. The largest absolute Gasteiger partial charge is 0.497 e. The fourth-order valence-corrected chi connectivity index (χ4v) is 2.68. The molecule has 0 unspecified atom stereocenters. The zero-order valence-electron chi connectivity index (χ0n) is 16.5. The third kappa shape index (κ3) is 5.94. The van der Waals surface area contributed by atoms with Gasteiger partial charge in [0.1, 0.15) is 11.4 Å². The summed E-state index contributed by atoms with van der Waals surface area (Å²) in [5, 5.41) is 5.48.